The van der Waals surface area contributed by atoms with E-state index in [1.54, 1.807) is 15.0 Å². The number of hydrogen-bond acceptors (Lipinski definition) is 4. The number of rotatable bonds is 4. The SMILES string of the molecule is C=CCn1c(CC(=O)OC)cc(=O)n2c3ccccc3nc12. The summed E-state index contributed by atoms with van der Waals surface area (Å²) < 4.78 is 8.03. The summed E-state index contributed by atoms with van der Waals surface area (Å²) in [6.45, 7) is 4.17. The zero-order chi connectivity index (χ0) is 15.7. The van der Waals surface area contributed by atoms with E-state index in [0.717, 1.165) is 11.0 Å². The number of carbonyl (C=O) groups is 1. The van der Waals surface area contributed by atoms with Gasteiger partial charge in [0.25, 0.3) is 5.56 Å². The molecule has 112 valence electrons. The molecule has 0 radical (unpaired) electrons. The number of ether oxygens (including phenoxy) is 1. The van der Waals surface area contributed by atoms with Crippen LogP contribution in [0.2, 0.25) is 0 Å². The second kappa shape index (κ2) is 5.48. The van der Waals surface area contributed by atoms with E-state index < -0.39 is 5.97 Å². The van der Waals surface area contributed by atoms with Crippen molar-refractivity contribution in [2.75, 3.05) is 7.11 Å². The number of esters is 1. The molecule has 0 saturated carbocycles. The Balaban J connectivity index is 2.36. The maximum Gasteiger partial charge on any atom is 0.311 e. The first-order chi connectivity index (χ1) is 10.7. The largest absolute Gasteiger partial charge is 0.469 e. The number of fused-ring (bicyclic) bond motifs is 3. The number of nitrogens with zero attached hydrogens (tertiary/aromatic N) is 3. The molecular weight excluding hydrogens is 282 g/mol. The second-order valence-electron chi connectivity index (χ2n) is 4.86. The topological polar surface area (TPSA) is 65.6 Å². The molecule has 0 bridgehead atoms. The molecule has 3 aromatic rings. The molecule has 6 nitrogen and oxygen atoms in total. The van der Waals surface area contributed by atoms with Gasteiger partial charge in [-0.05, 0) is 12.1 Å². The molecule has 0 fully saturated rings. The molecule has 0 spiro atoms. The smallest absolute Gasteiger partial charge is 0.311 e. The second-order valence-corrected chi connectivity index (χ2v) is 4.86. The number of hydrogen-bond donors (Lipinski definition) is 0. The van der Waals surface area contributed by atoms with Crippen molar-refractivity contribution >= 4 is 22.8 Å². The number of methoxy groups -OCH3 is 1. The molecule has 22 heavy (non-hydrogen) atoms. The van der Waals surface area contributed by atoms with Crippen molar-refractivity contribution in [3.05, 3.63) is 59.0 Å². The van der Waals surface area contributed by atoms with E-state index in [2.05, 4.69) is 11.6 Å². The fourth-order valence-corrected chi connectivity index (χ4v) is 2.52. The molecule has 0 aliphatic carbocycles. The molecule has 3 rings (SSSR count). The van der Waals surface area contributed by atoms with Gasteiger partial charge in [0.2, 0.25) is 5.78 Å². The van der Waals surface area contributed by atoms with Crippen molar-refractivity contribution in [3.63, 3.8) is 0 Å². The molecule has 0 aliphatic heterocycles. The minimum atomic E-state index is -0.405. The third kappa shape index (κ3) is 2.18. The van der Waals surface area contributed by atoms with Crippen LogP contribution in [0.25, 0.3) is 16.8 Å². The molecule has 0 unspecified atom stereocenters. The Hall–Kier alpha value is -2.89. The predicted molar refractivity (Wildman–Crippen MR) is 82.9 cm³/mol. The van der Waals surface area contributed by atoms with E-state index in [1.165, 1.54) is 13.2 Å². The van der Waals surface area contributed by atoms with Gasteiger partial charge in [-0.15, -0.1) is 6.58 Å². The lowest BCUT2D eigenvalue weighted by atomic mass is 10.2. The quantitative estimate of drug-likeness (QED) is 0.541. The zero-order valence-electron chi connectivity index (χ0n) is 12.2. The van der Waals surface area contributed by atoms with Crippen LogP contribution in [0.1, 0.15) is 5.69 Å². The summed E-state index contributed by atoms with van der Waals surface area (Å²) >= 11 is 0. The lowest BCUT2D eigenvalue weighted by Gasteiger charge is -2.12. The highest BCUT2D eigenvalue weighted by Crippen LogP contribution is 2.16. The van der Waals surface area contributed by atoms with E-state index in [1.807, 2.05) is 24.3 Å². The summed E-state index contributed by atoms with van der Waals surface area (Å²) in [4.78, 5) is 28.5. The first-order valence-corrected chi connectivity index (χ1v) is 6.83. The number of imidazole rings is 1. The lowest BCUT2D eigenvalue weighted by molar-refractivity contribution is -0.139. The van der Waals surface area contributed by atoms with E-state index in [4.69, 9.17) is 4.74 Å². The van der Waals surface area contributed by atoms with Crippen LogP contribution in [0.4, 0.5) is 0 Å². The molecule has 2 aromatic heterocycles. The maximum atomic E-state index is 12.4. The maximum absolute atomic E-state index is 12.4. The molecule has 0 saturated heterocycles. The van der Waals surface area contributed by atoms with Crippen LogP contribution in [0.5, 0.6) is 0 Å². The van der Waals surface area contributed by atoms with Crippen molar-refractivity contribution in [1.29, 1.82) is 0 Å². The fourth-order valence-electron chi connectivity index (χ4n) is 2.52. The van der Waals surface area contributed by atoms with Crippen molar-refractivity contribution in [2.45, 2.75) is 13.0 Å². The van der Waals surface area contributed by atoms with Crippen LogP contribution in [-0.2, 0) is 22.5 Å². The average Bonchev–Trinajstić information content (AvgIpc) is 2.90. The highest BCUT2D eigenvalue weighted by atomic mass is 16.5. The summed E-state index contributed by atoms with van der Waals surface area (Å²) in [5, 5.41) is 0. The third-order valence-corrected chi connectivity index (χ3v) is 3.51. The molecule has 0 N–H and O–H groups in total. The Bertz CT molecular complexity index is 937. The van der Waals surface area contributed by atoms with Crippen molar-refractivity contribution in [3.8, 4) is 0 Å². The molecule has 6 heteroatoms. The number of carbonyl (C=O) groups excluding carboxylic acids is 1. The van der Waals surface area contributed by atoms with Crippen LogP contribution in [0.3, 0.4) is 0 Å². The van der Waals surface area contributed by atoms with Gasteiger partial charge in [-0.3, -0.25) is 9.59 Å². The van der Waals surface area contributed by atoms with Crippen LogP contribution >= 0.6 is 0 Å². The first kappa shape index (κ1) is 14.1. The summed E-state index contributed by atoms with van der Waals surface area (Å²) in [6, 6.07) is 8.86. The van der Waals surface area contributed by atoms with Gasteiger partial charge in [0.05, 0.1) is 24.6 Å². The van der Waals surface area contributed by atoms with Crippen LogP contribution in [0, 0.1) is 0 Å². The number of para-hydroxylation sites is 2. The number of aromatic nitrogens is 3. The molecular formula is C16H15N3O3. The van der Waals surface area contributed by atoms with Gasteiger partial charge in [-0.1, -0.05) is 18.2 Å². The van der Waals surface area contributed by atoms with Crippen LogP contribution in [0.15, 0.2) is 47.8 Å². The van der Waals surface area contributed by atoms with Gasteiger partial charge in [0.15, 0.2) is 0 Å². The molecule has 0 amide bonds. The van der Waals surface area contributed by atoms with Crippen molar-refractivity contribution in [2.24, 2.45) is 0 Å². The molecule has 2 heterocycles. The number of allylic oxidation sites excluding steroid dienone is 1. The number of benzene rings is 1. The zero-order valence-corrected chi connectivity index (χ0v) is 12.2. The van der Waals surface area contributed by atoms with E-state index in [0.29, 0.717) is 18.0 Å². The Morgan fingerprint density at radius 1 is 1.41 bits per heavy atom. The van der Waals surface area contributed by atoms with Gasteiger partial charge in [-0.2, -0.15) is 0 Å². The lowest BCUT2D eigenvalue weighted by Crippen LogP contribution is -2.22. The highest BCUT2D eigenvalue weighted by molar-refractivity contribution is 5.79. The van der Waals surface area contributed by atoms with Gasteiger partial charge in [-0.25, -0.2) is 9.38 Å². The standard InChI is InChI=1S/C16H15N3O3/c1-3-8-18-11(10-15(21)22-2)9-14(20)19-13-7-5-4-6-12(13)17-16(18)19/h3-7,9H,1,8,10H2,2H3. The van der Waals surface area contributed by atoms with E-state index >= 15 is 0 Å². The van der Waals surface area contributed by atoms with Crippen molar-refractivity contribution < 1.29 is 9.53 Å². The molecule has 0 atom stereocenters. The molecule has 1 aromatic carbocycles. The van der Waals surface area contributed by atoms with E-state index in [9.17, 15) is 9.59 Å². The highest BCUT2D eigenvalue weighted by Gasteiger charge is 2.15. The van der Waals surface area contributed by atoms with Gasteiger partial charge >= 0.3 is 5.97 Å². The summed E-state index contributed by atoms with van der Waals surface area (Å²) in [7, 11) is 1.32. The normalized spacial score (nSPS) is 11.0. The van der Waals surface area contributed by atoms with E-state index in [-0.39, 0.29) is 12.0 Å². The Kier molecular flexibility index (Phi) is 3.50. The average molecular weight is 297 g/mol. The molecule has 0 aliphatic rings. The fraction of sp³-hybridized carbons (Fsp3) is 0.188. The Labute approximate surface area is 126 Å². The van der Waals surface area contributed by atoms with Gasteiger partial charge in [0.1, 0.15) is 0 Å². The summed E-state index contributed by atoms with van der Waals surface area (Å²) in [5.41, 5.74) is 1.81. The summed E-state index contributed by atoms with van der Waals surface area (Å²) in [6.07, 6.45) is 1.71. The van der Waals surface area contributed by atoms with Crippen LogP contribution < -0.4 is 5.56 Å². The predicted octanol–water partition coefficient (Wildman–Crippen LogP) is 1.55. The monoisotopic (exact) mass is 297 g/mol. The minimum absolute atomic E-state index is 0.0132. The first-order valence-electron chi connectivity index (χ1n) is 6.83. The van der Waals surface area contributed by atoms with Gasteiger partial charge in [0, 0.05) is 18.3 Å². The Morgan fingerprint density at radius 3 is 2.91 bits per heavy atom. The third-order valence-electron chi connectivity index (χ3n) is 3.51. The minimum Gasteiger partial charge on any atom is -0.469 e. The Morgan fingerprint density at radius 2 is 2.18 bits per heavy atom. The van der Waals surface area contributed by atoms with Crippen LogP contribution in [-0.4, -0.2) is 27.0 Å². The van der Waals surface area contributed by atoms with Crippen molar-refractivity contribution in [1.82, 2.24) is 14.0 Å². The van der Waals surface area contributed by atoms with Gasteiger partial charge < -0.3 is 9.30 Å². The summed E-state index contributed by atoms with van der Waals surface area (Å²) in [5.74, 6) is 0.0881.